The zero-order chi connectivity index (χ0) is 7.98. The summed E-state index contributed by atoms with van der Waals surface area (Å²) in [5, 5.41) is 10.6. The van der Waals surface area contributed by atoms with Gasteiger partial charge in [-0.3, -0.25) is 0 Å². The fraction of sp³-hybridized carbons (Fsp3) is 0.714. The molecule has 0 aliphatic heterocycles. The molecule has 0 saturated carbocycles. The summed E-state index contributed by atoms with van der Waals surface area (Å²) in [5.74, 6) is 0. The zero-order valence-corrected chi connectivity index (χ0v) is 6.42. The second-order valence-corrected chi connectivity index (χ2v) is 2.26. The fourth-order valence-corrected chi connectivity index (χ4v) is 0.670. The summed E-state index contributed by atoms with van der Waals surface area (Å²) in [6.45, 7) is 3.88. The topological polar surface area (TPSA) is 49.3 Å². The van der Waals surface area contributed by atoms with Crippen LogP contribution >= 0.6 is 0 Å². The number of rotatable bonds is 4. The van der Waals surface area contributed by atoms with Gasteiger partial charge in [-0.15, -0.1) is 0 Å². The van der Waals surface area contributed by atoms with E-state index >= 15 is 0 Å². The van der Waals surface area contributed by atoms with Gasteiger partial charge in [-0.1, -0.05) is 13.3 Å². The summed E-state index contributed by atoms with van der Waals surface area (Å²) in [6.07, 6.45) is 3.01. The average Bonchev–Trinajstić information content (AvgIpc) is 1.82. The van der Waals surface area contributed by atoms with E-state index in [-0.39, 0.29) is 6.04 Å². The van der Waals surface area contributed by atoms with E-state index in [1.165, 1.54) is 0 Å². The highest BCUT2D eigenvalue weighted by molar-refractivity contribution is 5.64. The highest BCUT2D eigenvalue weighted by Gasteiger charge is 2.02. The zero-order valence-electron chi connectivity index (χ0n) is 6.42. The fourth-order valence-electron chi connectivity index (χ4n) is 0.670. The second-order valence-electron chi connectivity index (χ2n) is 2.26. The number of hydrogen-bond acceptors (Lipinski definition) is 1. The number of carbonyl (C=O) groups is 1. The molecule has 0 aromatic carbocycles. The van der Waals surface area contributed by atoms with E-state index in [1.807, 2.05) is 13.3 Å². The van der Waals surface area contributed by atoms with E-state index in [0.717, 1.165) is 12.8 Å². The van der Waals surface area contributed by atoms with Crippen LogP contribution in [0.15, 0.2) is 0 Å². The van der Waals surface area contributed by atoms with Gasteiger partial charge in [0.05, 0.1) is 0 Å². The molecular formula is C7H14NO2. The van der Waals surface area contributed by atoms with Crippen LogP contribution in [0.2, 0.25) is 0 Å². The van der Waals surface area contributed by atoms with Gasteiger partial charge in [0.2, 0.25) is 0 Å². The van der Waals surface area contributed by atoms with E-state index in [9.17, 15) is 4.79 Å². The highest BCUT2D eigenvalue weighted by atomic mass is 16.4. The van der Waals surface area contributed by atoms with Gasteiger partial charge in [-0.05, 0) is 19.8 Å². The van der Waals surface area contributed by atoms with Gasteiger partial charge < -0.3 is 10.4 Å². The molecule has 0 aliphatic rings. The van der Waals surface area contributed by atoms with Gasteiger partial charge in [0.25, 0.3) is 0 Å². The standard InChI is InChI=1S/C7H14NO2/c1-3-4-5-6(2)8-7(9)10/h5-6,8H,3-4H2,1-2H3,(H,9,10). The van der Waals surface area contributed by atoms with Crippen molar-refractivity contribution in [2.75, 3.05) is 0 Å². The van der Waals surface area contributed by atoms with E-state index in [2.05, 4.69) is 12.2 Å². The smallest absolute Gasteiger partial charge is 0.404 e. The molecule has 1 amide bonds. The molecule has 0 rings (SSSR count). The summed E-state index contributed by atoms with van der Waals surface area (Å²) in [4.78, 5) is 10.0. The molecular weight excluding hydrogens is 130 g/mol. The number of nitrogens with one attached hydrogen (secondary N) is 1. The molecule has 0 bridgehead atoms. The Morgan fingerprint density at radius 1 is 1.80 bits per heavy atom. The Morgan fingerprint density at radius 2 is 2.40 bits per heavy atom. The van der Waals surface area contributed by atoms with E-state index < -0.39 is 6.09 Å². The average molecular weight is 144 g/mol. The first kappa shape index (κ1) is 9.27. The lowest BCUT2D eigenvalue weighted by Gasteiger charge is -2.08. The van der Waals surface area contributed by atoms with Crippen LogP contribution in [0.4, 0.5) is 4.79 Å². The maximum Gasteiger partial charge on any atom is 0.404 e. The lowest BCUT2D eigenvalue weighted by Crippen LogP contribution is -2.31. The van der Waals surface area contributed by atoms with Crippen molar-refractivity contribution in [1.82, 2.24) is 5.32 Å². The van der Waals surface area contributed by atoms with Crippen LogP contribution in [-0.2, 0) is 0 Å². The van der Waals surface area contributed by atoms with Gasteiger partial charge in [0, 0.05) is 6.04 Å². The van der Waals surface area contributed by atoms with Crippen LogP contribution in [0.25, 0.3) is 0 Å². The SMILES string of the molecule is CCC[CH]C(C)NC(=O)O. The van der Waals surface area contributed by atoms with Crippen molar-refractivity contribution in [2.24, 2.45) is 0 Å². The molecule has 0 spiro atoms. The van der Waals surface area contributed by atoms with E-state index in [0.29, 0.717) is 0 Å². The number of hydrogen-bond donors (Lipinski definition) is 2. The monoisotopic (exact) mass is 144 g/mol. The first-order valence-electron chi connectivity index (χ1n) is 3.49. The molecule has 59 valence electrons. The summed E-state index contributed by atoms with van der Waals surface area (Å²) >= 11 is 0. The lowest BCUT2D eigenvalue weighted by molar-refractivity contribution is 0.192. The van der Waals surface area contributed by atoms with Crippen molar-refractivity contribution in [3.63, 3.8) is 0 Å². The molecule has 0 aliphatic carbocycles. The summed E-state index contributed by atoms with van der Waals surface area (Å²) in [5.41, 5.74) is 0. The minimum Gasteiger partial charge on any atom is -0.465 e. The van der Waals surface area contributed by atoms with Gasteiger partial charge in [0.1, 0.15) is 0 Å². The molecule has 1 radical (unpaired) electrons. The molecule has 0 heterocycles. The van der Waals surface area contributed by atoms with Crippen LogP contribution in [0.3, 0.4) is 0 Å². The first-order chi connectivity index (χ1) is 4.66. The van der Waals surface area contributed by atoms with Gasteiger partial charge in [-0.2, -0.15) is 0 Å². The molecule has 2 N–H and O–H groups in total. The molecule has 0 saturated heterocycles. The number of carboxylic acid groups (broad SMARTS) is 1. The quantitative estimate of drug-likeness (QED) is 0.630. The summed E-state index contributed by atoms with van der Waals surface area (Å²) in [7, 11) is 0. The largest absolute Gasteiger partial charge is 0.465 e. The van der Waals surface area contributed by atoms with Crippen molar-refractivity contribution >= 4 is 6.09 Å². The van der Waals surface area contributed by atoms with Crippen molar-refractivity contribution in [3.05, 3.63) is 6.42 Å². The second kappa shape index (κ2) is 5.09. The lowest BCUT2D eigenvalue weighted by atomic mass is 10.1. The van der Waals surface area contributed by atoms with E-state index in [1.54, 1.807) is 0 Å². The molecule has 3 heteroatoms. The molecule has 0 aromatic rings. The molecule has 1 atom stereocenters. The Labute approximate surface area is 61.4 Å². The third kappa shape index (κ3) is 5.41. The van der Waals surface area contributed by atoms with Crippen LogP contribution in [-0.4, -0.2) is 17.2 Å². The Balaban J connectivity index is 3.25. The third-order valence-electron chi connectivity index (χ3n) is 1.16. The molecule has 3 nitrogen and oxygen atoms in total. The third-order valence-corrected chi connectivity index (χ3v) is 1.16. The predicted octanol–water partition coefficient (Wildman–Crippen LogP) is 1.65. The first-order valence-corrected chi connectivity index (χ1v) is 3.49. The summed E-state index contributed by atoms with van der Waals surface area (Å²) < 4.78 is 0. The summed E-state index contributed by atoms with van der Waals surface area (Å²) in [6, 6.07) is -0.0301. The molecule has 10 heavy (non-hydrogen) atoms. The van der Waals surface area contributed by atoms with Crippen molar-refractivity contribution in [3.8, 4) is 0 Å². The predicted molar refractivity (Wildman–Crippen MR) is 39.8 cm³/mol. The van der Waals surface area contributed by atoms with Crippen LogP contribution in [0.1, 0.15) is 26.7 Å². The Kier molecular flexibility index (Phi) is 4.72. The number of amides is 1. The molecule has 0 fully saturated rings. The minimum absolute atomic E-state index is 0.0301. The highest BCUT2D eigenvalue weighted by Crippen LogP contribution is 1.96. The molecule has 0 aromatic heterocycles. The van der Waals surface area contributed by atoms with E-state index in [4.69, 9.17) is 5.11 Å². The Hall–Kier alpha value is -0.730. The maximum atomic E-state index is 10.0. The number of unbranched alkanes of at least 4 members (excludes halogenated alkanes) is 1. The maximum absolute atomic E-state index is 10.0. The van der Waals surface area contributed by atoms with Crippen LogP contribution in [0, 0.1) is 6.42 Å². The normalized spacial score (nSPS) is 12.6. The van der Waals surface area contributed by atoms with Gasteiger partial charge >= 0.3 is 6.09 Å². The van der Waals surface area contributed by atoms with Crippen LogP contribution in [0.5, 0.6) is 0 Å². The van der Waals surface area contributed by atoms with Crippen LogP contribution < -0.4 is 5.32 Å². The Bertz CT molecular complexity index is 104. The van der Waals surface area contributed by atoms with Crippen molar-refractivity contribution in [2.45, 2.75) is 32.7 Å². The van der Waals surface area contributed by atoms with Gasteiger partial charge in [0.15, 0.2) is 0 Å². The Morgan fingerprint density at radius 3 is 2.80 bits per heavy atom. The van der Waals surface area contributed by atoms with Crippen molar-refractivity contribution in [1.29, 1.82) is 0 Å². The molecule has 1 unspecified atom stereocenters. The van der Waals surface area contributed by atoms with Crippen molar-refractivity contribution < 1.29 is 9.90 Å². The minimum atomic E-state index is -0.958. The van der Waals surface area contributed by atoms with Gasteiger partial charge in [-0.25, -0.2) is 4.79 Å².